The van der Waals surface area contributed by atoms with E-state index in [1.165, 1.54) is 5.56 Å². The number of azide groups is 2. The predicted octanol–water partition coefficient (Wildman–Crippen LogP) is 6.08. The van der Waals surface area contributed by atoms with Crippen molar-refractivity contribution in [2.24, 2.45) is 16.0 Å². The maximum absolute atomic E-state index is 13.7. The fourth-order valence-corrected chi connectivity index (χ4v) is 3.64. The van der Waals surface area contributed by atoms with Crippen LogP contribution in [0.1, 0.15) is 45.5 Å². The molecule has 290 valence electrons. The first-order valence-electron chi connectivity index (χ1n) is 14.7. The van der Waals surface area contributed by atoms with Crippen LogP contribution in [-0.2, 0) is 14.4 Å². The first-order valence-corrected chi connectivity index (χ1v) is 14.7. The summed E-state index contributed by atoms with van der Waals surface area (Å²) < 4.78 is 107. The van der Waals surface area contributed by atoms with Crippen LogP contribution in [0.25, 0.3) is 20.9 Å². The second-order valence-corrected chi connectivity index (χ2v) is 10.0. The number of rotatable bonds is 8. The largest absolute Gasteiger partial charge is 0.399 e. The summed E-state index contributed by atoms with van der Waals surface area (Å²) in [7, 11) is 2.95. The number of nitrogens with one attached hydrogen (secondary N) is 2. The number of hydroxylamine groups is 2. The number of amides is 3. The van der Waals surface area contributed by atoms with Gasteiger partial charge in [-0.2, -0.15) is 0 Å². The van der Waals surface area contributed by atoms with E-state index in [2.05, 4.69) is 20.4 Å². The summed E-state index contributed by atoms with van der Waals surface area (Å²) in [6.07, 6.45) is 0.488. The Balaban J connectivity index is 0.000000408. The molecule has 1 aliphatic rings. The van der Waals surface area contributed by atoms with E-state index in [1.807, 2.05) is 53.4 Å². The molecule has 3 aromatic rings. The molecule has 0 radical (unpaired) electrons. The zero-order valence-corrected chi connectivity index (χ0v) is 28.2. The van der Waals surface area contributed by atoms with Gasteiger partial charge in [-0.05, 0) is 56.7 Å². The highest BCUT2D eigenvalue weighted by molar-refractivity contribution is 6.03. The Morgan fingerprint density at radius 2 is 1.19 bits per heavy atom. The minimum Gasteiger partial charge on any atom is -0.399 e. The molecule has 3 aromatic carbocycles. The Labute approximate surface area is 299 Å². The normalized spacial score (nSPS) is 11.4. The average molecular weight is 776 g/mol. The van der Waals surface area contributed by atoms with Crippen molar-refractivity contribution in [1.82, 2.24) is 15.7 Å². The number of hydrogen-bond acceptors (Lipinski definition) is 10. The zero-order valence-electron chi connectivity index (χ0n) is 28.2. The van der Waals surface area contributed by atoms with E-state index >= 15 is 0 Å². The predicted molar refractivity (Wildman–Crippen MR) is 173 cm³/mol. The highest BCUT2D eigenvalue weighted by Gasteiger charge is 2.37. The Kier molecular flexibility index (Phi) is 18.4. The fourth-order valence-electron chi connectivity index (χ4n) is 3.64. The Bertz CT molecular complexity index is 1880. The first kappa shape index (κ1) is 45.5. The zero-order chi connectivity index (χ0) is 41.3. The average Bonchev–Trinajstić information content (AvgIpc) is 3.46. The lowest BCUT2D eigenvalue weighted by molar-refractivity contribution is -0.172. The summed E-state index contributed by atoms with van der Waals surface area (Å²) in [6.45, 7) is 3.87. The van der Waals surface area contributed by atoms with Crippen molar-refractivity contribution in [2.45, 2.75) is 26.2 Å². The molecule has 54 heavy (non-hydrogen) atoms. The van der Waals surface area contributed by atoms with Crippen molar-refractivity contribution in [3.05, 3.63) is 108 Å². The van der Waals surface area contributed by atoms with Gasteiger partial charge in [-0.1, -0.05) is 27.9 Å². The molecule has 6 N–H and O–H groups in total. The molecule has 0 atom stereocenters. The van der Waals surface area contributed by atoms with Crippen LogP contribution in [0.2, 0.25) is 0 Å². The number of carbonyl (C=O) groups is 4. The molecule has 1 saturated heterocycles. The van der Waals surface area contributed by atoms with E-state index in [-0.39, 0.29) is 17.9 Å². The van der Waals surface area contributed by atoms with E-state index in [0.717, 1.165) is 32.2 Å². The highest BCUT2D eigenvalue weighted by atomic mass is 19.2. The van der Waals surface area contributed by atoms with E-state index in [9.17, 15) is 54.3 Å². The lowest BCUT2D eigenvalue weighted by atomic mass is 10.1. The van der Waals surface area contributed by atoms with E-state index < -0.39 is 92.7 Å². The molecule has 1 heterocycles. The molecule has 0 aromatic heterocycles. The van der Waals surface area contributed by atoms with Crippen LogP contribution < -0.4 is 22.1 Å². The summed E-state index contributed by atoms with van der Waals surface area (Å²) in [5.74, 6) is -21.6. The number of nitrogens with zero attached hydrogens (tertiary/aromatic N) is 7. The molecule has 0 aliphatic carbocycles. The SMILES string of the molecule is CNC(=O)c1c(F)c(F)c(N=[N+]=[N-])c(F)c1F.CNCCCN.Cc1ccc(N)cc1.[N-]=[N+]=Nc1c(F)c(F)c(C(=O)ON2C(=O)CCC2=O)c(F)c1F. The Morgan fingerprint density at radius 3 is 1.50 bits per heavy atom. The summed E-state index contributed by atoms with van der Waals surface area (Å²) >= 11 is 0. The minimum absolute atomic E-state index is 0.0572. The number of benzene rings is 3. The van der Waals surface area contributed by atoms with Gasteiger partial charge in [0.25, 0.3) is 17.7 Å². The molecular formula is C30H29F8N11O5. The minimum atomic E-state index is -2.20. The van der Waals surface area contributed by atoms with Crippen molar-refractivity contribution in [3.8, 4) is 0 Å². The van der Waals surface area contributed by atoms with Gasteiger partial charge in [-0.15, -0.1) is 5.06 Å². The second kappa shape index (κ2) is 21.8. The van der Waals surface area contributed by atoms with Crippen molar-refractivity contribution in [1.29, 1.82) is 0 Å². The second-order valence-electron chi connectivity index (χ2n) is 10.0. The molecular weight excluding hydrogens is 746 g/mol. The summed E-state index contributed by atoms with van der Waals surface area (Å²) in [5, 5.41) is 9.65. The quantitative estimate of drug-likeness (QED) is 0.0304. The highest BCUT2D eigenvalue weighted by Crippen LogP contribution is 2.32. The summed E-state index contributed by atoms with van der Waals surface area (Å²) in [4.78, 5) is 53.3. The molecule has 1 aliphatic heterocycles. The van der Waals surface area contributed by atoms with Crippen LogP contribution in [0.15, 0.2) is 34.5 Å². The maximum Gasteiger partial charge on any atom is 0.370 e. The van der Waals surface area contributed by atoms with Gasteiger partial charge in [0, 0.05) is 35.4 Å². The number of halogens is 8. The summed E-state index contributed by atoms with van der Waals surface area (Å²) in [5.41, 5.74) is 22.4. The van der Waals surface area contributed by atoms with E-state index in [0.29, 0.717) is 0 Å². The van der Waals surface area contributed by atoms with Gasteiger partial charge in [0.05, 0.1) is 0 Å². The third-order valence-electron chi connectivity index (χ3n) is 6.32. The smallest absolute Gasteiger partial charge is 0.370 e. The molecule has 0 unspecified atom stereocenters. The van der Waals surface area contributed by atoms with Crippen LogP contribution in [0.3, 0.4) is 0 Å². The number of carbonyl (C=O) groups excluding carboxylic acids is 4. The van der Waals surface area contributed by atoms with Crippen LogP contribution in [0.4, 0.5) is 52.2 Å². The van der Waals surface area contributed by atoms with Gasteiger partial charge in [0.1, 0.15) is 22.5 Å². The van der Waals surface area contributed by atoms with Gasteiger partial charge >= 0.3 is 5.97 Å². The molecule has 4 rings (SSSR count). The fraction of sp³-hybridized carbons (Fsp3) is 0.267. The van der Waals surface area contributed by atoms with Crippen LogP contribution in [-0.4, -0.2) is 55.9 Å². The monoisotopic (exact) mass is 775 g/mol. The van der Waals surface area contributed by atoms with Gasteiger partial charge < -0.3 is 26.9 Å². The van der Waals surface area contributed by atoms with Gasteiger partial charge in [-0.3, -0.25) is 14.4 Å². The van der Waals surface area contributed by atoms with Crippen LogP contribution in [0, 0.1) is 53.5 Å². The molecule has 0 saturated carbocycles. The van der Waals surface area contributed by atoms with E-state index in [1.54, 1.807) is 0 Å². The number of hydrogen-bond donors (Lipinski definition) is 4. The number of anilines is 1. The Morgan fingerprint density at radius 1 is 0.778 bits per heavy atom. The molecule has 16 nitrogen and oxygen atoms in total. The van der Waals surface area contributed by atoms with Crippen LogP contribution in [0.5, 0.6) is 0 Å². The number of imide groups is 1. The van der Waals surface area contributed by atoms with Crippen LogP contribution >= 0.6 is 0 Å². The van der Waals surface area contributed by atoms with E-state index in [4.69, 9.17) is 22.5 Å². The van der Waals surface area contributed by atoms with Crippen molar-refractivity contribution >= 4 is 40.8 Å². The van der Waals surface area contributed by atoms with Gasteiger partial charge in [-0.25, -0.2) is 39.9 Å². The molecule has 24 heteroatoms. The molecule has 0 bridgehead atoms. The molecule has 0 spiro atoms. The number of nitrogens with two attached hydrogens (primary N) is 2. The topological polar surface area (TPSA) is 254 Å². The van der Waals surface area contributed by atoms with Gasteiger partial charge in [0.2, 0.25) is 0 Å². The molecule has 3 amide bonds. The first-order chi connectivity index (χ1) is 25.4. The Hall–Kier alpha value is -6.48. The van der Waals surface area contributed by atoms with Crippen molar-refractivity contribution < 1.29 is 59.1 Å². The lowest BCUT2D eigenvalue weighted by Gasteiger charge is -2.14. The lowest BCUT2D eigenvalue weighted by Crippen LogP contribution is -2.33. The van der Waals surface area contributed by atoms with Crippen molar-refractivity contribution in [2.75, 3.05) is 32.9 Å². The maximum atomic E-state index is 13.7. The van der Waals surface area contributed by atoms with Gasteiger partial charge in [0.15, 0.2) is 46.5 Å². The third kappa shape index (κ3) is 11.8. The summed E-state index contributed by atoms with van der Waals surface area (Å²) in [6, 6.07) is 7.79. The molecule has 1 fully saturated rings. The third-order valence-corrected chi connectivity index (χ3v) is 6.32. The number of aryl methyl sites for hydroxylation is 1. The van der Waals surface area contributed by atoms with Crippen molar-refractivity contribution in [3.63, 3.8) is 0 Å². The number of nitrogen functional groups attached to an aromatic ring is 1. The standard InChI is InChI=1S/C11H4F4N4O4.C8H4F4N4O.C7H9N.C4H12N2/c12-6-5(7(13)9(15)10(8(6)14)17-18-16)11(22)23-19-3(20)1-2-4(19)21;1-14-8(17)2-3(9)5(11)7(15-16-13)6(12)4(2)10;1-6-2-4-7(8)5-3-6;1-6-4-2-3-5/h1-2H2;1H3,(H,14,17);2-5H,8H2,1H3;6H,2-5H2,1H3.